The molecule has 0 radical (unpaired) electrons. The van der Waals surface area contributed by atoms with E-state index in [2.05, 4.69) is 27.4 Å². The van der Waals surface area contributed by atoms with Crippen LogP contribution < -0.4 is 5.32 Å². The van der Waals surface area contributed by atoms with E-state index in [9.17, 15) is 0 Å². The van der Waals surface area contributed by atoms with Gasteiger partial charge < -0.3 is 10.7 Å². The molecular formula is C21H19ClN4. The Morgan fingerprint density at radius 1 is 1.04 bits per heavy atom. The molecule has 4 nitrogen and oxygen atoms in total. The number of nitrogens with zero attached hydrogens (tertiary/aromatic N) is 2. The zero-order valence-corrected chi connectivity index (χ0v) is 15.4. The molecule has 130 valence electrons. The Bertz CT molecular complexity index is 1010. The minimum absolute atomic E-state index is 0.188. The average molecular weight is 363 g/mol. The van der Waals surface area contributed by atoms with Crippen LogP contribution >= 0.6 is 11.6 Å². The van der Waals surface area contributed by atoms with Crippen molar-refractivity contribution < 1.29 is 0 Å². The number of allylic oxidation sites excluding steroid dienone is 3. The van der Waals surface area contributed by atoms with Gasteiger partial charge in [-0.3, -0.25) is 0 Å². The van der Waals surface area contributed by atoms with E-state index >= 15 is 0 Å². The van der Waals surface area contributed by atoms with Crippen molar-refractivity contribution in [2.45, 2.75) is 13.8 Å². The zero-order valence-electron chi connectivity index (χ0n) is 14.6. The van der Waals surface area contributed by atoms with Crippen LogP contribution in [0.1, 0.15) is 13.8 Å². The molecule has 5 heteroatoms. The lowest BCUT2D eigenvalue weighted by molar-refractivity contribution is 1.21. The molecule has 0 spiro atoms. The maximum Gasteiger partial charge on any atom is 0.224 e. The fourth-order valence-electron chi connectivity index (χ4n) is 2.67. The monoisotopic (exact) mass is 362 g/mol. The smallest absolute Gasteiger partial charge is 0.224 e. The molecule has 0 saturated carbocycles. The fraction of sp³-hybridized carbons (Fsp3) is 0.0952. The number of nitrogens with one attached hydrogen (secondary N) is 2. The number of aromatic nitrogens is 2. The molecule has 0 bridgehead atoms. The summed E-state index contributed by atoms with van der Waals surface area (Å²) in [4.78, 5) is 8.79. The van der Waals surface area contributed by atoms with Crippen molar-refractivity contribution in [2.75, 3.05) is 5.32 Å². The minimum Gasteiger partial charge on any atom is -0.340 e. The Morgan fingerprint density at radius 3 is 2.50 bits per heavy atom. The summed E-state index contributed by atoms with van der Waals surface area (Å²) >= 11 is 6.14. The van der Waals surface area contributed by atoms with E-state index < -0.39 is 0 Å². The summed E-state index contributed by atoms with van der Waals surface area (Å²) in [5.74, 6) is 0.639. The lowest BCUT2D eigenvalue weighted by Crippen LogP contribution is -2.03. The molecule has 26 heavy (non-hydrogen) atoms. The van der Waals surface area contributed by atoms with Crippen molar-refractivity contribution in [3.8, 4) is 11.1 Å². The van der Waals surface area contributed by atoms with E-state index in [0.29, 0.717) is 11.5 Å². The largest absolute Gasteiger partial charge is 0.340 e. The predicted octanol–water partition coefficient (Wildman–Crippen LogP) is 5.86. The van der Waals surface area contributed by atoms with E-state index in [-0.39, 0.29) is 5.28 Å². The molecule has 0 aliphatic rings. The van der Waals surface area contributed by atoms with Crippen LogP contribution in [0.4, 0.5) is 5.82 Å². The summed E-state index contributed by atoms with van der Waals surface area (Å²) in [5.41, 5.74) is 4.19. The summed E-state index contributed by atoms with van der Waals surface area (Å²) < 4.78 is 0. The first-order valence-corrected chi connectivity index (χ1v) is 8.64. The Kier molecular flexibility index (Phi) is 5.44. The third-order valence-electron chi connectivity index (χ3n) is 3.87. The van der Waals surface area contributed by atoms with Crippen molar-refractivity contribution in [1.29, 1.82) is 5.41 Å². The molecule has 0 amide bonds. The normalized spacial score (nSPS) is 11.9. The van der Waals surface area contributed by atoms with Gasteiger partial charge in [-0.15, -0.1) is 0 Å². The number of rotatable bonds is 5. The molecule has 2 aromatic carbocycles. The van der Waals surface area contributed by atoms with Crippen LogP contribution in [0.5, 0.6) is 0 Å². The highest BCUT2D eigenvalue weighted by Gasteiger charge is 2.12. The maximum atomic E-state index is 7.57. The van der Waals surface area contributed by atoms with Gasteiger partial charge in [0.05, 0.1) is 10.9 Å². The van der Waals surface area contributed by atoms with E-state index in [1.807, 2.05) is 55.5 Å². The van der Waals surface area contributed by atoms with Crippen LogP contribution in [-0.4, -0.2) is 15.7 Å². The molecule has 0 saturated heterocycles. The van der Waals surface area contributed by atoms with Gasteiger partial charge in [-0.2, -0.15) is 4.98 Å². The van der Waals surface area contributed by atoms with Gasteiger partial charge in [0.15, 0.2) is 0 Å². The molecule has 0 aliphatic heterocycles. The molecule has 0 atom stereocenters. The summed E-state index contributed by atoms with van der Waals surface area (Å²) in [7, 11) is 0. The van der Waals surface area contributed by atoms with Crippen molar-refractivity contribution >= 4 is 34.0 Å². The molecule has 0 unspecified atom stereocenters. The number of hydrogen-bond donors (Lipinski definition) is 2. The van der Waals surface area contributed by atoms with Gasteiger partial charge in [-0.05, 0) is 54.8 Å². The lowest BCUT2D eigenvalue weighted by Gasteiger charge is -2.13. The first-order chi connectivity index (χ1) is 12.6. The Labute approximate surface area is 157 Å². The quantitative estimate of drug-likeness (QED) is 0.339. The second-order valence-corrected chi connectivity index (χ2v) is 6.13. The van der Waals surface area contributed by atoms with Crippen LogP contribution in [0.25, 0.3) is 22.0 Å². The summed E-state index contributed by atoms with van der Waals surface area (Å²) in [5, 5.41) is 12.0. The van der Waals surface area contributed by atoms with Crippen LogP contribution in [0.2, 0.25) is 5.28 Å². The van der Waals surface area contributed by atoms with Crippen LogP contribution in [0.3, 0.4) is 0 Å². The molecule has 3 aromatic rings. The summed E-state index contributed by atoms with van der Waals surface area (Å²) in [6, 6.07) is 16.1. The third kappa shape index (κ3) is 3.98. The number of benzene rings is 2. The second kappa shape index (κ2) is 7.93. The summed E-state index contributed by atoms with van der Waals surface area (Å²) in [6.45, 7) is 3.66. The predicted molar refractivity (Wildman–Crippen MR) is 110 cm³/mol. The molecule has 3 rings (SSSR count). The van der Waals surface area contributed by atoms with Gasteiger partial charge in [0, 0.05) is 11.4 Å². The molecule has 2 N–H and O–H groups in total. The number of fused-ring (bicyclic) bond motifs is 1. The zero-order chi connectivity index (χ0) is 18.5. The van der Waals surface area contributed by atoms with Gasteiger partial charge in [0.25, 0.3) is 0 Å². The second-order valence-electron chi connectivity index (χ2n) is 5.79. The molecular weight excluding hydrogens is 344 g/mol. The Balaban J connectivity index is 2.17. The van der Waals surface area contributed by atoms with E-state index in [0.717, 1.165) is 27.7 Å². The molecule has 0 fully saturated rings. The highest BCUT2D eigenvalue weighted by molar-refractivity contribution is 6.29. The van der Waals surface area contributed by atoms with E-state index in [4.69, 9.17) is 17.0 Å². The van der Waals surface area contributed by atoms with Crippen LogP contribution in [0.15, 0.2) is 72.5 Å². The van der Waals surface area contributed by atoms with Gasteiger partial charge in [0.2, 0.25) is 5.28 Å². The molecule has 1 aromatic heterocycles. The van der Waals surface area contributed by atoms with Crippen molar-refractivity contribution in [2.24, 2.45) is 0 Å². The SMILES string of the molecule is C/C=C(\C=C/C(C)=N)Nc1nc(Cl)nc2cccc(-c3ccccc3)c12. The maximum absolute atomic E-state index is 7.57. The summed E-state index contributed by atoms with van der Waals surface area (Å²) in [6.07, 6.45) is 5.49. The van der Waals surface area contributed by atoms with Gasteiger partial charge >= 0.3 is 0 Å². The standard InChI is InChI=1S/C21H19ClN4/c1-3-16(13-12-14(2)23)24-20-19-17(15-8-5-4-6-9-15)10-7-11-18(19)25-21(22)26-20/h3-13,23H,1-2H3,(H,24,25,26)/b13-12-,16-3+,23-14?. The van der Waals surface area contributed by atoms with Gasteiger partial charge in [-0.25, -0.2) is 4.98 Å². The highest BCUT2D eigenvalue weighted by Crippen LogP contribution is 2.33. The van der Waals surface area contributed by atoms with Gasteiger partial charge in [-0.1, -0.05) is 48.5 Å². The van der Waals surface area contributed by atoms with Crippen molar-refractivity contribution in [3.63, 3.8) is 0 Å². The Morgan fingerprint density at radius 2 is 1.81 bits per heavy atom. The first-order valence-electron chi connectivity index (χ1n) is 8.26. The molecule has 1 heterocycles. The van der Waals surface area contributed by atoms with Crippen molar-refractivity contribution in [3.05, 3.63) is 77.7 Å². The highest BCUT2D eigenvalue weighted by atomic mass is 35.5. The lowest BCUT2D eigenvalue weighted by atomic mass is 10.0. The number of anilines is 1. The topological polar surface area (TPSA) is 61.7 Å². The Hall–Kier alpha value is -2.98. The van der Waals surface area contributed by atoms with Crippen molar-refractivity contribution in [1.82, 2.24) is 9.97 Å². The minimum atomic E-state index is 0.188. The van der Waals surface area contributed by atoms with Gasteiger partial charge in [0.1, 0.15) is 5.82 Å². The average Bonchev–Trinajstić information content (AvgIpc) is 2.64. The third-order valence-corrected chi connectivity index (χ3v) is 4.04. The van der Waals surface area contributed by atoms with E-state index in [1.54, 1.807) is 13.0 Å². The van der Waals surface area contributed by atoms with Crippen LogP contribution in [0, 0.1) is 5.41 Å². The molecule has 0 aliphatic carbocycles. The van der Waals surface area contributed by atoms with E-state index in [1.165, 1.54) is 0 Å². The van der Waals surface area contributed by atoms with Crippen LogP contribution in [-0.2, 0) is 0 Å². The number of hydrogen-bond acceptors (Lipinski definition) is 4. The first kappa shape index (κ1) is 17.8. The number of halogens is 1. The fourth-order valence-corrected chi connectivity index (χ4v) is 2.84.